The van der Waals surface area contributed by atoms with Gasteiger partial charge in [-0.1, -0.05) is 12.1 Å². The maximum Gasteiger partial charge on any atom is 0.362 e. The topological polar surface area (TPSA) is 146 Å². The van der Waals surface area contributed by atoms with Gasteiger partial charge in [-0.25, -0.2) is 4.99 Å². The zero-order chi connectivity index (χ0) is 23.0. The van der Waals surface area contributed by atoms with Crippen LogP contribution in [0.2, 0.25) is 0 Å². The molecular weight excluding hydrogens is 426 g/mol. The van der Waals surface area contributed by atoms with Gasteiger partial charge < -0.3 is 16.0 Å². The Balaban J connectivity index is 1.42. The highest BCUT2D eigenvalue weighted by Gasteiger charge is 2.45. The van der Waals surface area contributed by atoms with E-state index in [-0.39, 0.29) is 56.7 Å². The number of halogens is 2. The van der Waals surface area contributed by atoms with Crippen molar-refractivity contribution in [1.29, 1.82) is 0 Å². The first-order valence-corrected chi connectivity index (χ1v) is 9.97. The van der Waals surface area contributed by atoms with E-state index in [0.29, 0.717) is 16.7 Å². The van der Waals surface area contributed by atoms with E-state index in [0.717, 1.165) is 0 Å². The predicted octanol–water partition coefficient (Wildman–Crippen LogP) is -0.141. The Morgan fingerprint density at radius 3 is 2.78 bits per heavy atom. The summed E-state index contributed by atoms with van der Waals surface area (Å²) < 4.78 is 28.8. The number of piperidine rings is 1. The average Bonchev–Trinajstić information content (AvgIpc) is 3.07. The summed E-state index contributed by atoms with van der Waals surface area (Å²) in [6.45, 7) is -0.00493. The molecule has 0 radical (unpaired) electrons. The lowest BCUT2D eigenvalue weighted by molar-refractivity contribution is -0.138. The van der Waals surface area contributed by atoms with Gasteiger partial charge in [0, 0.05) is 38.0 Å². The number of hydrogen-bond donors (Lipinski definition) is 3. The summed E-state index contributed by atoms with van der Waals surface area (Å²) in [5.41, 5.74) is 6.23. The summed E-state index contributed by atoms with van der Waals surface area (Å²) in [7, 11) is 0. The fourth-order valence-electron chi connectivity index (χ4n) is 3.90. The van der Waals surface area contributed by atoms with Crippen molar-refractivity contribution in [2.24, 2.45) is 15.7 Å². The van der Waals surface area contributed by atoms with Crippen LogP contribution >= 0.6 is 0 Å². The molecule has 4 rings (SSSR count). The molecule has 3 aliphatic heterocycles. The van der Waals surface area contributed by atoms with Crippen LogP contribution in [0.5, 0.6) is 0 Å². The first-order valence-electron chi connectivity index (χ1n) is 9.97. The van der Waals surface area contributed by atoms with Crippen molar-refractivity contribution in [2.75, 3.05) is 6.54 Å². The van der Waals surface area contributed by atoms with Gasteiger partial charge in [0.1, 0.15) is 11.8 Å². The van der Waals surface area contributed by atoms with E-state index in [2.05, 4.69) is 20.6 Å². The Morgan fingerprint density at radius 1 is 1.28 bits per heavy atom. The molecule has 1 aromatic rings. The van der Waals surface area contributed by atoms with Crippen molar-refractivity contribution in [3.05, 3.63) is 34.9 Å². The quantitative estimate of drug-likeness (QED) is 0.539. The number of imide groups is 1. The zero-order valence-corrected chi connectivity index (χ0v) is 16.9. The van der Waals surface area contributed by atoms with E-state index in [1.54, 1.807) is 12.1 Å². The Morgan fingerprint density at radius 2 is 2.06 bits per heavy atom. The summed E-state index contributed by atoms with van der Waals surface area (Å²) in [6.07, 6.45) is 0.213. The third-order valence-corrected chi connectivity index (χ3v) is 5.56. The Labute approximate surface area is 180 Å². The van der Waals surface area contributed by atoms with Crippen LogP contribution in [-0.4, -0.2) is 58.7 Å². The fourth-order valence-corrected chi connectivity index (χ4v) is 3.90. The summed E-state index contributed by atoms with van der Waals surface area (Å²) in [5, 5.41) is 4.42. The molecule has 4 N–H and O–H groups in total. The van der Waals surface area contributed by atoms with Gasteiger partial charge in [0.25, 0.3) is 11.8 Å². The average molecular weight is 446 g/mol. The van der Waals surface area contributed by atoms with Crippen LogP contribution in [0.25, 0.3) is 0 Å². The van der Waals surface area contributed by atoms with Gasteiger partial charge in [0.15, 0.2) is 0 Å². The highest BCUT2D eigenvalue weighted by atomic mass is 19.3. The number of benzene rings is 1. The molecule has 1 atom stereocenters. The highest BCUT2D eigenvalue weighted by molar-refractivity contribution is 6.14. The number of rotatable bonds is 5. The molecule has 0 spiro atoms. The number of hydrogen-bond acceptors (Lipinski definition) is 7. The van der Waals surface area contributed by atoms with E-state index in [1.807, 2.05) is 0 Å². The molecule has 1 fully saturated rings. The number of aliphatic imine (C=N–C) groups is 2. The maximum atomic E-state index is 14.4. The molecule has 32 heavy (non-hydrogen) atoms. The minimum absolute atomic E-state index is 0.0378. The number of amides is 4. The van der Waals surface area contributed by atoms with Crippen LogP contribution in [0.3, 0.4) is 0 Å². The predicted molar refractivity (Wildman–Crippen MR) is 108 cm³/mol. The van der Waals surface area contributed by atoms with Gasteiger partial charge >= 0.3 is 5.92 Å². The van der Waals surface area contributed by atoms with E-state index >= 15 is 0 Å². The van der Waals surface area contributed by atoms with Crippen LogP contribution in [0.4, 0.5) is 8.78 Å². The minimum atomic E-state index is -3.82. The van der Waals surface area contributed by atoms with E-state index in [1.165, 1.54) is 11.0 Å². The summed E-state index contributed by atoms with van der Waals surface area (Å²) >= 11 is 0. The number of carbonyl (C=O) groups is 4. The second kappa shape index (κ2) is 8.09. The van der Waals surface area contributed by atoms with E-state index < -0.39 is 29.5 Å². The molecule has 0 saturated carbocycles. The normalized spacial score (nSPS) is 21.0. The molecule has 3 heterocycles. The Bertz CT molecular complexity index is 1080. The molecular formula is C20H20F2N6O4. The third kappa shape index (κ3) is 3.95. The van der Waals surface area contributed by atoms with Crippen molar-refractivity contribution in [3.63, 3.8) is 0 Å². The van der Waals surface area contributed by atoms with Gasteiger partial charge in [0.2, 0.25) is 17.8 Å². The molecule has 1 aromatic carbocycles. The first-order chi connectivity index (χ1) is 15.2. The summed E-state index contributed by atoms with van der Waals surface area (Å²) in [4.78, 5) is 56.8. The van der Waals surface area contributed by atoms with Crippen LogP contribution in [0.15, 0.2) is 28.2 Å². The fraction of sp³-hybridized carbons (Fsp3) is 0.400. The largest absolute Gasteiger partial charge is 0.368 e. The molecule has 0 aromatic heterocycles. The number of nitrogens with one attached hydrogen (secondary N) is 2. The molecule has 0 bridgehead atoms. The number of carbonyl (C=O) groups excluding carboxylic acids is 4. The van der Waals surface area contributed by atoms with Gasteiger partial charge in [-0.15, -0.1) is 0 Å². The molecule has 0 aliphatic carbocycles. The molecule has 4 amide bonds. The third-order valence-electron chi connectivity index (χ3n) is 5.56. The van der Waals surface area contributed by atoms with E-state index in [9.17, 15) is 28.0 Å². The van der Waals surface area contributed by atoms with Gasteiger partial charge in [0.05, 0.1) is 0 Å². The SMILES string of the molecule is NC1=NCCC(C(F)(F)C(=O)NCc2ccc3c(c2)CN(C2CCC(=O)NC2=O)C3=O)=N1. The first kappa shape index (κ1) is 21.5. The molecule has 168 valence electrons. The zero-order valence-electron chi connectivity index (χ0n) is 16.9. The van der Waals surface area contributed by atoms with Crippen molar-refractivity contribution in [3.8, 4) is 0 Å². The van der Waals surface area contributed by atoms with E-state index in [4.69, 9.17) is 5.73 Å². The number of nitrogens with zero attached hydrogens (tertiary/aromatic N) is 3. The lowest BCUT2D eigenvalue weighted by Crippen LogP contribution is -2.52. The van der Waals surface area contributed by atoms with Crippen molar-refractivity contribution >= 4 is 35.3 Å². The second-order valence-electron chi connectivity index (χ2n) is 7.70. The molecule has 3 aliphatic rings. The van der Waals surface area contributed by atoms with Crippen molar-refractivity contribution in [1.82, 2.24) is 15.5 Å². The Kier molecular flexibility index (Phi) is 5.45. The number of alkyl halides is 2. The number of fused-ring (bicyclic) bond motifs is 1. The number of guanidine groups is 1. The Hall–Kier alpha value is -3.70. The van der Waals surface area contributed by atoms with Gasteiger partial charge in [-0.3, -0.25) is 29.5 Å². The van der Waals surface area contributed by atoms with Crippen LogP contribution in [-0.2, 0) is 27.5 Å². The van der Waals surface area contributed by atoms with Crippen LogP contribution < -0.4 is 16.4 Å². The highest BCUT2D eigenvalue weighted by Crippen LogP contribution is 2.28. The molecule has 10 nitrogen and oxygen atoms in total. The summed E-state index contributed by atoms with van der Waals surface area (Å²) in [5.74, 6) is -6.86. The number of nitrogens with two attached hydrogens (primary N) is 1. The van der Waals surface area contributed by atoms with Crippen molar-refractivity contribution < 1.29 is 28.0 Å². The smallest absolute Gasteiger partial charge is 0.362 e. The monoisotopic (exact) mass is 446 g/mol. The van der Waals surface area contributed by atoms with Crippen LogP contribution in [0, 0.1) is 0 Å². The lowest BCUT2D eigenvalue weighted by atomic mass is 10.0. The molecule has 1 unspecified atom stereocenters. The lowest BCUT2D eigenvalue weighted by Gasteiger charge is -2.29. The second-order valence-corrected chi connectivity index (χ2v) is 7.70. The molecule has 12 heteroatoms. The standard InChI is InChI=1S/C20H20F2N6O4/c21-20(22,14-5-6-24-19(23)26-14)18(32)25-8-10-1-2-12-11(7-10)9-28(17(12)31)13-3-4-15(29)27-16(13)30/h1-2,7,13H,3-6,8-9H2,(H2,23,24)(H,25,32)(H,27,29,30). The van der Waals surface area contributed by atoms with Crippen molar-refractivity contribution in [2.45, 2.75) is 44.3 Å². The van der Waals surface area contributed by atoms with Crippen LogP contribution in [0.1, 0.15) is 40.7 Å². The summed E-state index contributed by atoms with van der Waals surface area (Å²) in [6, 6.07) is 3.96. The molecule has 1 saturated heterocycles. The van der Waals surface area contributed by atoms with Gasteiger partial charge in [-0.2, -0.15) is 8.78 Å². The van der Waals surface area contributed by atoms with Gasteiger partial charge in [-0.05, 0) is 23.6 Å². The minimum Gasteiger partial charge on any atom is -0.368 e. The maximum absolute atomic E-state index is 14.4.